The highest BCUT2D eigenvalue weighted by atomic mass is 16.4. The van der Waals surface area contributed by atoms with E-state index in [9.17, 15) is 24.3 Å². The van der Waals surface area contributed by atoms with E-state index in [1.54, 1.807) is 27.7 Å². The lowest BCUT2D eigenvalue weighted by Gasteiger charge is -2.26. The quantitative estimate of drug-likeness (QED) is 0.335. The van der Waals surface area contributed by atoms with Gasteiger partial charge in [0.25, 0.3) is 0 Å². The molecule has 3 amide bonds. The van der Waals surface area contributed by atoms with E-state index in [4.69, 9.17) is 5.73 Å². The second-order valence-corrected chi connectivity index (χ2v) is 8.26. The molecule has 0 aliphatic carbocycles. The monoisotopic (exact) mass is 400 g/mol. The molecule has 162 valence electrons. The Balaban J connectivity index is 5.12. The van der Waals surface area contributed by atoms with Crippen molar-refractivity contribution in [1.29, 1.82) is 0 Å². The summed E-state index contributed by atoms with van der Waals surface area (Å²) in [5.74, 6) is -3.01. The van der Waals surface area contributed by atoms with Crippen LogP contribution >= 0.6 is 0 Å². The molecule has 0 saturated carbocycles. The molecule has 4 atom stereocenters. The Morgan fingerprint density at radius 3 is 1.71 bits per heavy atom. The zero-order valence-corrected chi connectivity index (χ0v) is 17.9. The van der Waals surface area contributed by atoms with Crippen LogP contribution in [-0.4, -0.2) is 53.0 Å². The van der Waals surface area contributed by atoms with Crippen LogP contribution in [0.2, 0.25) is 0 Å². The van der Waals surface area contributed by atoms with Crippen LogP contribution < -0.4 is 21.7 Å². The molecule has 0 fully saturated rings. The molecule has 6 N–H and O–H groups in total. The summed E-state index contributed by atoms with van der Waals surface area (Å²) in [6.07, 6.45) is 0.328. The van der Waals surface area contributed by atoms with Gasteiger partial charge in [0.2, 0.25) is 17.7 Å². The minimum absolute atomic E-state index is 0.0811. The van der Waals surface area contributed by atoms with E-state index in [2.05, 4.69) is 16.0 Å². The van der Waals surface area contributed by atoms with Crippen molar-refractivity contribution in [3.05, 3.63) is 0 Å². The van der Waals surface area contributed by atoms with Crippen LogP contribution in [0.3, 0.4) is 0 Å². The molecule has 0 rings (SSSR count). The van der Waals surface area contributed by atoms with Crippen LogP contribution in [0.25, 0.3) is 0 Å². The number of hydrogen-bond donors (Lipinski definition) is 5. The van der Waals surface area contributed by atoms with Crippen LogP contribution in [0.4, 0.5) is 0 Å². The molecule has 0 radical (unpaired) electrons. The normalized spacial score (nSPS) is 15.7. The fourth-order valence-corrected chi connectivity index (χ4v) is 2.44. The largest absolute Gasteiger partial charge is 0.480 e. The highest BCUT2D eigenvalue weighted by Crippen LogP contribution is 2.08. The third-order valence-corrected chi connectivity index (χ3v) is 4.34. The molecule has 4 unspecified atom stereocenters. The van der Waals surface area contributed by atoms with Gasteiger partial charge < -0.3 is 26.8 Å². The van der Waals surface area contributed by atoms with Gasteiger partial charge in [0.05, 0.1) is 6.04 Å². The SMILES string of the molecule is CC(C)CC(NC(=O)C(C)NC(=O)C(N)C(C)C)C(=O)NC(C(=O)O)C(C)C. The second-order valence-electron chi connectivity index (χ2n) is 8.26. The fraction of sp³-hybridized carbons (Fsp3) is 0.789. The molecule has 0 bridgehead atoms. The summed E-state index contributed by atoms with van der Waals surface area (Å²) in [6.45, 7) is 12.2. The van der Waals surface area contributed by atoms with Gasteiger partial charge in [-0.2, -0.15) is 0 Å². The number of nitrogens with one attached hydrogen (secondary N) is 3. The van der Waals surface area contributed by atoms with Gasteiger partial charge in [0.1, 0.15) is 18.1 Å². The summed E-state index contributed by atoms with van der Waals surface area (Å²) >= 11 is 0. The predicted molar refractivity (Wildman–Crippen MR) is 106 cm³/mol. The average Bonchev–Trinajstić information content (AvgIpc) is 2.56. The lowest BCUT2D eigenvalue weighted by Crippen LogP contribution is -2.57. The van der Waals surface area contributed by atoms with E-state index >= 15 is 0 Å². The number of carbonyl (C=O) groups is 4. The third-order valence-electron chi connectivity index (χ3n) is 4.34. The Morgan fingerprint density at radius 2 is 1.32 bits per heavy atom. The molecule has 28 heavy (non-hydrogen) atoms. The van der Waals surface area contributed by atoms with Crippen LogP contribution in [0.1, 0.15) is 54.9 Å². The molecule has 0 aliphatic rings. The molecule has 9 heteroatoms. The van der Waals surface area contributed by atoms with E-state index in [-0.39, 0.29) is 17.8 Å². The Labute approximate surface area is 167 Å². The van der Waals surface area contributed by atoms with Crippen molar-refractivity contribution >= 4 is 23.7 Å². The Morgan fingerprint density at radius 1 is 0.786 bits per heavy atom. The van der Waals surface area contributed by atoms with E-state index in [0.29, 0.717) is 6.42 Å². The number of aliphatic carboxylic acids is 1. The van der Waals surface area contributed by atoms with Crippen molar-refractivity contribution in [2.45, 2.75) is 79.1 Å². The van der Waals surface area contributed by atoms with E-state index in [1.165, 1.54) is 6.92 Å². The van der Waals surface area contributed by atoms with Crippen molar-refractivity contribution in [3.8, 4) is 0 Å². The van der Waals surface area contributed by atoms with Gasteiger partial charge in [0.15, 0.2) is 0 Å². The van der Waals surface area contributed by atoms with Crippen molar-refractivity contribution in [3.63, 3.8) is 0 Å². The first-order valence-electron chi connectivity index (χ1n) is 9.67. The van der Waals surface area contributed by atoms with Crippen molar-refractivity contribution in [2.24, 2.45) is 23.5 Å². The third kappa shape index (κ3) is 8.69. The summed E-state index contributed by atoms with van der Waals surface area (Å²) in [5, 5.41) is 16.9. The zero-order chi connectivity index (χ0) is 22.2. The molecule has 0 heterocycles. The van der Waals surface area contributed by atoms with Gasteiger partial charge in [-0.25, -0.2) is 4.79 Å². The summed E-state index contributed by atoms with van der Waals surface area (Å²) < 4.78 is 0. The summed E-state index contributed by atoms with van der Waals surface area (Å²) in [4.78, 5) is 48.4. The molecule has 0 aromatic rings. The standard InChI is InChI=1S/C19H36N4O5/c1-9(2)8-13(17(25)23-15(11(5)6)19(27)28)22-16(24)12(7)21-18(26)14(20)10(3)4/h9-15H,8,20H2,1-7H3,(H,21,26)(H,22,24)(H,23,25)(H,27,28). The molecule has 9 nitrogen and oxygen atoms in total. The summed E-state index contributed by atoms with van der Waals surface area (Å²) in [5.41, 5.74) is 5.77. The number of amides is 3. The fourth-order valence-electron chi connectivity index (χ4n) is 2.44. The highest BCUT2D eigenvalue weighted by Gasteiger charge is 2.30. The van der Waals surface area contributed by atoms with Crippen LogP contribution in [0.5, 0.6) is 0 Å². The van der Waals surface area contributed by atoms with Crippen molar-refractivity contribution in [2.75, 3.05) is 0 Å². The molecular weight excluding hydrogens is 364 g/mol. The smallest absolute Gasteiger partial charge is 0.326 e. The van der Waals surface area contributed by atoms with E-state index < -0.39 is 47.9 Å². The molecule has 0 aliphatic heterocycles. The molecule has 0 aromatic heterocycles. The van der Waals surface area contributed by atoms with Crippen molar-refractivity contribution in [1.82, 2.24) is 16.0 Å². The predicted octanol–water partition coefficient (Wildman–Crippen LogP) is 0.231. The average molecular weight is 401 g/mol. The Hall–Kier alpha value is -2.16. The van der Waals surface area contributed by atoms with Gasteiger partial charge in [-0.1, -0.05) is 41.5 Å². The minimum atomic E-state index is -1.14. The first-order chi connectivity index (χ1) is 12.8. The number of hydrogen-bond acceptors (Lipinski definition) is 5. The molecular formula is C19H36N4O5. The first-order valence-corrected chi connectivity index (χ1v) is 9.67. The van der Waals surface area contributed by atoms with E-state index in [0.717, 1.165) is 0 Å². The number of carboxylic acid groups (broad SMARTS) is 1. The van der Waals surface area contributed by atoms with Crippen LogP contribution in [0.15, 0.2) is 0 Å². The maximum atomic E-state index is 12.6. The lowest BCUT2D eigenvalue weighted by molar-refractivity contribution is -0.143. The number of rotatable bonds is 11. The molecule has 0 aromatic carbocycles. The van der Waals surface area contributed by atoms with Crippen LogP contribution in [0, 0.1) is 17.8 Å². The van der Waals surface area contributed by atoms with Gasteiger partial charge >= 0.3 is 5.97 Å². The topological polar surface area (TPSA) is 151 Å². The summed E-state index contributed by atoms with van der Waals surface area (Å²) in [6, 6.07) is -3.60. The van der Waals surface area contributed by atoms with Gasteiger partial charge in [-0.05, 0) is 31.1 Å². The van der Waals surface area contributed by atoms with E-state index in [1.807, 2.05) is 13.8 Å². The van der Waals surface area contributed by atoms with Crippen molar-refractivity contribution < 1.29 is 24.3 Å². The Bertz CT molecular complexity index is 563. The number of carbonyl (C=O) groups excluding carboxylic acids is 3. The number of carboxylic acids is 1. The maximum Gasteiger partial charge on any atom is 0.326 e. The second kappa shape index (κ2) is 11.6. The minimum Gasteiger partial charge on any atom is -0.480 e. The lowest BCUT2D eigenvalue weighted by atomic mass is 10.00. The zero-order valence-electron chi connectivity index (χ0n) is 17.9. The Kier molecular flexibility index (Phi) is 10.7. The van der Waals surface area contributed by atoms with Gasteiger partial charge in [-0.15, -0.1) is 0 Å². The number of nitrogens with two attached hydrogens (primary N) is 1. The molecule has 0 spiro atoms. The maximum absolute atomic E-state index is 12.6. The molecule has 0 saturated heterocycles. The summed E-state index contributed by atoms with van der Waals surface area (Å²) in [7, 11) is 0. The first kappa shape index (κ1) is 25.8. The highest BCUT2D eigenvalue weighted by molar-refractivity contribution is 5.93. The van der Waals surface area contributed by atoms with Gasteiger partial charge in [0, 0.05) is 0 Å². The van der Waals surface area contributed by atoms with Crippen LogP contribution in [-0.2, 0) is 19.2 Å². The van der Waals surface area contributed by atoms with Gasteiger partial charge in [-0.3, -0.25) is 14.4 Å².